The zero-order valence-corrected chi connectivity index (χ0v) is 13.4. The van der Waals surface area contributed by atoms with Gasteiger partial charge in [-0.1, -0.05) is 13.8 Å². The quantitative estimate of drug-likeness (QED) is 0.799. The molecule has 1 amide bonds. The van der Waals surface area contributed by atoms with Crippen molar-refractivity contribution in [1.82, 2.24) is 10.6 Å². The molecule has 0 bridgehead atoms. The van der Waals surface area contributed by atoms with Gasteiger partial charge in [0.1, 0.15) is 6.10 Å². The molecule has 2 aliphatic rings. The molecule has 5 nitrogen and oxygen atoms in total. The van der Waals surface area contributed by atoms with E-state index in [2.05, 4.69) is 24.5 Å². The molecule has 3 atom stereocenters. The van der Waals surface area contributed by atoms with Gasteiger partial charge in [0.2, 0.25) is 0 Å². The molecule has 0 aromatic heterocycles. The maximum atomic E-state index is 12.2. The molecule has 0 aromatic carbocycles. The minimum atomic E-state index is -0.346. The summed E-state index contributed by atoms with van der Waals surface area (Å²) in [5.41, 5.74) is 0.0898. The van der Waals surface area contributed by atoms with Crippen LogP contribution in [0.25, 0.3) is 0 Å². The van der Waals surface area contributed by atoms with Gasteiger partial charge in [-0.05, 0) is 19.3 Å². The van der Waals surface area contributed by atoms with Crippen LogP contribution in [0.1, 0.15) is 33.1 Å². The summed E-state index contributed by atoms with van der Waals surface area (Å²) < 4.78 is 11.0. The third-order valence-electron chi connectivity index (χ3n) is 4.92. The Morgan fingerprint density at radius 3 is 2.65 bits per heavy atom. The zero-order chi connectivity index (χ0) is 13.9. The lowest BCUT2D eigenvalue weighted by atomic mass is 9.58. The number of rotatable bonds is 5. The van der Waals surface area contributed by atoms with E-state index < -0.39 is 0 Å². The largest absolute Gasteiger partial charge is 0.381 e. The summed E-state index contributed by atoms with van der Waals surface area (Å²) in [5.74, 6) is 0.0121. The van der Waals surface area contributed by atoms with Gasteiger partial charge in [0.05, 0.1) is 12.7 Å². The van der Waals surface area contributed by atoms with Crippen LogP contribution in [0.5, 0.6) is 0 Å². The number of carbonyl (C=O) groups excluding carboxylic acids is 1. The second-order valence-electron chi connectivity index (χ2n) is 5.53. The number of methoxy groups -OCH3 is 1. The molecule has 1 aliphatic carbocycles. The molecule has 0 spiro atoms. The summed E-state index contributed by atoms with van der Waals surface area (Å²) in [6.45, 7) is 6.39. The predicted octanol–water partition coefficient (Wildman–Crippen LogP) is 1.11. The summed E-state index contributed by atoms with van der Waals surface area (Å²) >= 11 is 0. The zero-order valence-electron chi connectivity index (χ0n) is 12.6. The van der Waals surface area contributed by atoms with Crippen molar-refractivity contribution in [2.75, 3.05) is 26.8 Å². The van der Waals surface area contributed by atoms with Crippen LogP contribution in [0.2, 0.25) is 0 Å². The topological polar surface area (TPSA) is 59.6 Å². The van der Waals surface area contributed by atoms with Crippen LogP contribution in [0, 0.1) is 5.41 Å². The monoisotopic (exact) mass is 306 g/mol. The fraction of sp³-hybridized carbons (Fsp3) is 0.929. The minimum Gasteiger partial charge on any atom is -0.381 e. The third-order valence-corrected chi connectivity index (χ3v) is 4.92. The fourth-order valence-corrected chi connectivity index (χ4v) is 3.48. The number of amides is 1. The Morgan fingerprint density at radius 1 is 1.45 bits per heavy atom. The van der Waals surface area contributed by atoms with E-state index in [0.29, 0.717) is 13.2 Å². The number of hydrogen-bond donors (Lipinski definition) is 2. The van der Waals surface area contributed by atoms with Crippen LogP contribution < -0.4 is 10.6 Å². The summed E-state index contributed by atoms with van der Waals surface area (Å²) in [5, 5.41) is 6.34. The summed E-state index contributed by atoms with van der Waals surface area (Å²) in [7, 11) is 1.76. The highest BCUT2D eigenvalue weighted by Crippen LogP contribution is 2.48. The van der Waals surface area contributed by atoms with Crippen LogP contribution in [-0.2, 0) is 14.3 Å². The molecule has 20 heavy (non-hydrogen) atoms. The number of ether oxygens (including phenoxy) is 2. The van der Waals surface area contributed by atoms with Gasteiger partial charge in [-0.15, -0.1) is 12.4 Å². The van der Waals surface area contributed by atoms with E-state index in [1.165, 1.54) is 0 Å². The molecule has 1 aliphatic heterocycles. The van der Waals surface area contributed by atoms with Crippen LogP contribution in [0.15, 0.2) is 0 Å². The third kappa shape index (κ3) is 3.11. The van der Waals surface area contributed by atoms with Gasteiger partial charge in [-0.2, -0.15) is 0 Å². The lowest BCUT2D eigenvalue weighted by molar-refractivity contribution is -0.150. The Bertz CT molecular complexity index is 318. The van der Waals surface area contributed by atoms with E-state index in [-0.39, 0.29) is 42.0 Å². The van der Waals surface area contributed by atoms with Gasteiger partial charge in [0.15, 0.2) is 0 Å². The molecule has 2 N–H and O–H groups in total. The SMILES string of the molecule is CCC1(CC)C(NC(=O)C2CNCCO2)CC1OC.Cl. The molecule has 0 radical (unpaired) electrons. The van der Waals surface area contributed by atoms with Gasteiger partial charge in [-0.25, -0.2) is 0 Å². The maximum Gasteiger partial charge on any atom is 0.250 e. The highest BCUT2D eigenvalue weighted by molar-refractivity contribution is 5.85. The average Bonchev–Trinajstić information content (AvgIpc) is 2.45. The van der Waals surface area contributed by atoms with Crippen LogP contribution in [0.3, 0.4) is 0 Å². The van der Waals surface area contributed by atoms with E-state index >= 15 is 0 Å². The van der Waals surface area contributed by atoms with Crippen LogP contribution in [-0.4, -0.2) is 51.0 Å². The number of carbonyl (C=O) groups is 1. The average molecular weight is 307 g/mol. The normalized spacial score (nSPS) is 31.9. The second kappa shape index (κ2) is 7.59. The van der Waals surface area contributed by atoms with Gasteiger partial charge in [-0.3, -0.25) is 4.79 Å². The van der Waals surface area contributed by atoms with Gasteiger partial charge in [0, 0.05) is 31.7 Å². The molecule has 1 saturated carbocycles. The molecule has 1 saturated heterocycles. The van der Waals surface area contributed by atoms with E-state index in [9.17, 15) is 4.79 Å². The fourth-order valence-electron chi connectivity index (χ4n) is 3.48. The number of hydrogen-bond acceptors (Lipinski definition) is 4. The molecular weight excluding hydrogens is 280 g/mol. The van der Waals surface area contributed by atoms with Crippen molar-refractivity contribution in [2.24, 2.45) is 5.41 Å². The first kappa shape index (κ1) is 17.7. The van der Waals surface area contributed by atoms with Gasteiger partial charge in [0.25, 0.3) is 5.91 Å². The molecule has 2 rings (SSSR count). The van der Waals surface area contributed by atoms with E-state index in [0.717, 1.165) is 25.8 Å². The first-order valence-corrected chi connectivity index (χ1v) is 7.33. The number of morpholine rings is 1. The van der Waals surface area contributed by atoms with Crippen LogP contribution >= 0.6 is 12.4 Å². The Morgan fingerprint density at radius 2 is 2.15 bits per heavy atom. The Kier molecular flexibility index (Phi) is 6.72. The number of nitrogens with one attached hydrogen (secondary N) is 2. The van der Waals surface area contributed by atoms with Crippen molar-refractivity contribution >= 4 is 18.3 Å². The first-order valence-electron chi connectivity index (χ1n) is 7.33. The molecule has 3 unspecified atom stereocenters. The smallest absolute Gasteiger partial charge is 0.250 e. The van der Waals surface area contributed by atoms with Crippen molar-refractivity contribution in [3.05, 3.63) is 0 Å². The number of halogens is 1. The summed E-state index contributed by atoms with van der Waals surface area (Å²) in [4.78, 5) is 12.2. The Hall–Kier alpha value is -0.360. The molecular formula is C14H27ClN2O3. The highest BCUT2D eigenvalue weighted by atomic mass is 35.5. The first-order chi connectivity index (χ1) is 9.17. The predicted molar refractivity (Wildman–Crippen MR) is 80.2 cm³/mol. The van der Waals surface area contributed by atoms with E-state index in [4.69, 9.17) is 9.47 Å². The lowest BCUT2D eigenvalue weighted by Crippen LogP contribution is -2.65. The van der Waals surface area contributed by atoms with E-state index in [1.54, 1.807) is 7.11 Å². The standard InChI is InChI=1S/C14H26N2O3.ClH/c1-4-14(5-2)11(8-12(14)18-3)16-13(17)10-9-15-6-7-19-10;/h10-12,15H,4-9H2,1-3H3,(H,16,17);1H. The van der Waals surface area contributed by atoms with Crippen molar-refractivity contribution in [3.63, 3.8) is 0 Å². The Balaban J connectivity index is 0.00000200. The van der Waals surface area contributed by atoms with Crippen LogP contribution in [0.4, 0.5) is 0 Å². The summed E-state index contributed by atoms with van der Waals surface area (Å²) in [6, 6.07) is 0.213. The maximum absolute atomic E-state index is 12.2. The lowest BCUT2D eigenvalue weighted by Gasteiger charge is -2.55. The molecule has 0 aromatic rings. The molecule has 2 fully saturated rings. The second-order valence-corrected chi connectivity index (χ2v) is 5.53. The molecule has 6 heteroatoms. The van der Waals surface area contributed by atoms with Gasteiger partial charge < -0.3 is 20.1 Å². The van der Waals surface area contributed by atoms with Crippen molar-refractivity contribution in [3.8, 4) is 0 Å². The summed E-state index contributed by atoms with van der Waals surface area (Å²) in [6.07, 6.45) is 2.87. The van der Waals surface area contributed by atoms with Crippen molar-refractivity contribution in [2.45, 2.75) is 51.4 Å². The minimum absolute atomic E-state index is 0. The van der Waals surface area contributed by atoms with Gasteiger partial charge >= 0.3 is 0 Å². The van der Waals surface area contributed by atoms with E-state index in [1.807, 2.05) is 0 Å². The Labute approximate surface area is 127 Å². The van der Waals surface area contributed by atoms with Crippen molar-refractivity contribution in [1.29, 1.82) is 0 Å². The molecule has 118 valence electrons. The highest BCUT2D eigenvalue weighted by Gasteiger charge is 2.53. The van der Waals surface area contributed by atoms with Crippen molar-refractivity contribution < 1.29 is 14.3 Å². The molecule has 1 heterocycles.